The highest BCUT2D eigenvalue weighted by atomic mass is 32.2. The second kappa shape index (κ2) is 6.76. The molecule has 1 fully saturated rings. The molecule has 6 heteroatoms. The fourth-order valence-corrected chi connectivity index (χ4v) is 3.12. The fourth-order valence-electron chi connectivity index (χ4n) is 1.94. The molecule has 1 aliphatic heterocycles. The highest BCUT2D eigenvalue weighted by molar-refractivity contribution is 8.26. The molecule has 0 atom stereocenters. The Labute approximate surface area is 143 Å². The summed E-state index contributed by atoms with van der Waals surface area (Å²) in [5.41, 5.74) is 1.71. The first-order valence-corrected chi connectivity index (χ1v) is 8.02. The van der Waals surface area contributed by atoms with Crippen molar-refractivity contribution in [2.75, 3.05) is 0 Å². The Kier molecular flexibility index (Phi) is 4.55. The molecule has 3 rings (SSSR count). The minimum Gasteiger partial charge on any atom is -0.508 e. The third kappa shape index (κ3) is 3.67. The van der Waals surface area contributed by atoms with Gasteiger partial charge in [0.05, 0.1) is 11.1 Å². The first-order valence-electron chi connectivity index (χ1n) is 6.79. The lowest BCUT2D eigenvalue weighted by molar-refractivity contribution is -0.122. The summed E-state index contributed by atoms with van der Waals surface area (Å²) in [6, 6.07) is 16.1. The van der Waals surface area contributed by atoms with Crippen molar-refractivity contribution in [2.24, 2.45) is 5.10 Å². The van der Waals surface area contributed by atoms with E-state index in [-0.39, 0.29) is 11.7 Å². The molecule has 0 aromatic heterocycles. The van der Waals surface area contributed by atoms with Crippen LogP contribution in [0.25, 0.3) is 6.08 Å². The van der Waals surface area contributed by atoms with E-state index in [1.165, 1.54) is 16.8 Å². The van der Waals surface area contributed by atoms with E-state index >= 15 is 0 Å². The Morgan fingerprint density at radius 1 is 1.04 bits per heavy atom. The fraction of sp³-hybridized carbons (Fsp3) is 0. The van der Waals surface area contributed by atoms with Gasteiger partial charge in [-0.25, -0.2) is 0 Å². The van der Waals surface area contributed by atoms with Crippen molar-refractivity contribution in [1.82, 2.24) is 5.01 Å². The topological polar surface area (TPSA) is 52.9 Å². The van der Waals surface area contributed by atoms with Crippen LogP contribution in [0.5, 0.6) is 5.75 Å². The second-order valence-electron chi connectivity index (χ2n) is 4.74. The van der Waals surface area contributed by atoms with E-state index in [9.17, 15) is 9.90 Å². The second-order valence-corrected chi connectivity index (χ2v) is 6.42. The van der Waals surface area contributed by atoms with Crippen LogP contribution in [0, 0.1) is 0 Å². The quantitative estimate of drug-likeness (QED) is 0.527. The zero-order chi connectivity index (χ0) is 16.2. The average molecular weight is 340 g/mol. The first-order chi connectivity index (χ1) is 11.1. The summed E-state index contributed by atoms with van der Waals surface area (Å²) in [7, 11) is 0. The van der Waals surface area contributed by atoms with Gasteiger partial charge >= 0.3 is 0 Å². The highest BCUT2D eigenvalue weighted by Gasteiger charge is 2.31. The minimum absolute atomic E-state index is 0.183. The predicted octanol–water partition coefficient (Wildman–Crippen LogP) is 3.63. The molecule has 1 amide bonds. The van der Waals surface area contributed by atoms with Crippen molar-refractivity contribution in [3.8, 4) is 5.75 Å². The van der Waals surface area contributed by atoms with Gasteiger partial charge in [-0.15, -0.1) is 0 Å². The van der Waals surface area contributed by atoms with E-state index < -0.39 is 0 Å². The molecule has 23 heavy (non-hydrogen) atoms. The number of nitrogens with zero attached hydrogens (tertiary/aromatic N) is 2. The molecular weight excluding hydrogens is 328 g/mol. The van der Waals surface area contributed by atoms with E-state index in [0.29, 0.717) is 9.23 Å². The number of thioether (sulfide) groups is 1. The maximum atomic E-state index is 12.4. The normalized spacial score (nSPS) is 16.7. The lowest BCUT2D eigenvalue weighted by Gasteiger charge is -2.05. The third-order valence-corrected chi connectivity index (χ3v) is 4.37. The number of hydrazone groups is 1. The van der Waals surface area contributed by atoms with E-state index in [1.54, 1.807) is 36.6 Å². The summed E-state index contributed by atoms with van der Waals surface area (Å²) in [5, 5.41) is 14.7. The van der Waals surface area contributed by atoms with Crippen LogP contribution in [-0.2, 0) is 4.79 Å². The molecule has 0 unspecified atom stereocenters. The average Bonchev–Trinajstić information content (AvgIpc) is 2.82. The van der Waals surface area contributed by atoms with Gasteiger partial charge in [0.15, 0.2) is 4.32 Å². The number of amides is 1. The number of hydrogen-bond acceptors (Lipinski definition) is 5. The molecule has 2 aromatic carbocycles. The monoisotopic (exact) mass is 340 g/mol. The van der Waals surface area contributed by atoms with Crippen LogP contribution in [0.2, 0.25) is 0 Å². The van der Waals surface area contributed by atoms with Crippen molar-refractivity contribution < 1.29 is 9.90 Å². The van der Waals surface area contributed by atoms with Crippen molar-refractivity contribution in [2.45, 2.75) is 0 Å². The number of rotatable bonds is 3. The summed E-state index contributed by atoms with van der Waals surface area (Å²) in [5.74, 6) is -0.0672. The van der Waals surface area contributed by atoms with Crippen LogP contribution in [0.15, 0.2) is 64.6 Å². The Morgan fingerprint density at radius 3 is 2.43 bits per heavy atom. The van der Waals surface area contributed by atoms with Gasteiger partial charge in [0.2, 0.25) is 0 Å². The van der Waals surface area contributed by atoms with Gasteiger partial charge in [0, 0.05) is 0 Å². The molecule has 0 bridgehead atoms. The van der Waals surface area contributed by atoms with Crippen molar-refractivity contribution in [3.63, 3.8) is 0 Å². The zero-order valence-electron chi connectivity index (χ0n) is 11.9. The number of phenolic OH excluding ortho intramolecular Hbond substituents is 1. The molecule has 1 heterocycles. The molecule has 0 spiro atoms. The SMILES string of the molecule is O=C1/C(=C\c2ccc(O)cc2)SC(=S)N1/N=C/c1ccccc1. The van der Waals surface area contributed by atoms with E-state index in [2.05, 4.69) is 5.10 Å². The summed E-state index contributed by atoms with van der Waals surface area (Å²) < 4.78 is 0.396. The minimum atomic E-state index is -0.250. The number of benzene rings is 2. The first kappa shape index (κ1) is 15.5. The smallest absolute Gasteiger partial charge is 0.286 e. The van der Waals surface area contributed by atoms with Crippen LogP contribution < -0.4 is 0 Å². The molecule has 4 nitrogen and oxygen atoms in total. The Bertz CT molecular complexity index is 799. The number of carbonyl (C=O) groups excluding carboxylic acids is 1. The van der Waals surface area contributed by atoms with Crippen molar-refractivity contribution >= 4 is 46.5 Å². The van der Waals surface area contributed by atoms with Crippen LogP contribution in [0.3, 0.4) is 0 Å². The van der Waals surface area contributed by atoms with Crippen LogP contribution >= 0.6 is 24.0 Å². The number of carbonyl (C=O) groups is 1. The van der Waals surface area contributed by atoms with Crippen molar-refractivity contribution in [1.29, 1.82) is 0 Å². The number of hydrogen-bond donors (Lipinski definition) is 1. The lowest BCUT2D eigenvalue weighted by Crippen LogP contribution is -2.22. The largest absolute Gasteiger partial charge is 0.508 e. The standard InChI is InChI=1S/C17H12N2O2S2/c20-14-8-6-12(7-9-14)10-15-16(21)19(17(22)23-15)18-11-13-4-2-1-3-5-13/h1-11,20H/b15-10+,18-11+. The van der Waals surface area contributed by atoms with Crippen LogP contribution in [-0.4, -0.2) is 26.6 Å². The summed E-state index contributed by atoms with van der Waals surface area (Å²) >= 11 is 6.43. The molecule has 1 aliphatic rings. The van der Waals surface area contributed by atoms with Gasteiger partial charge < -0.3 is 5.11 Å². The van der Waals surface area contributed by atoms with E-state index in [0.717, 1.165) is 11.1 Å². The maximum Gasteiger partial charge on any atom is 0.286 e. The van der Waals surface area contributed by atoms with Crippen molar-refractivity contribution in [3.05, 3.63) is 70.6 Å². The Balaban J connectivity index is 1.80. The Morgan fingerprint density at radius 2 is 1.74 bits per heavy atom. The van der Waals surface area contributed by atoms with Gasteiger partial charge in [-0.3, -0.25) is 4.79 Å². The van der Waals surface area contributed by atoms with E-state index in [1.807, 2.05) is 30.3 Å². The van der Waals surface area contributed by atoms with Gasteiger partial charge in [-0.1, -0.05) is 54.2 Å². The summed E-state index contributed by atoms with van der Waals surface area (Å²) in [6.45, 7) is 0. The molecule has 1 saturated heterocycles. The highest BCUT2D eigenvalue weighted by Crippen LogP contribution is 2.32. The summed E-state index contributed by atoms with van der Waals surface area (Å²) in [4.78, 5) is 12.9. The predicted molar refractivity (Wildman–Crippen MR) is 97.2 cm³/mol. The van der Waals surface area contributed by atoms with Gasteiger partial charge in [-0.2, -0.15) is 10.1 Å². The van der Waals surface area contributed by atoms with E-state index in [4.69, 9.17) is 12.2 Å². The van der Waals surface area contributed by atoms with Gasteiger partial charge in [-0.05, 0) is 41.6 Å². The number of phenols is 1. The lowest BCUT2D eigenvalue weighted by atomic mass is 10.2. The molecular formula is C17H12N2O2S2. The molecule has 2 aromatic rings. The molecule has 1 N–H and O–H groups in total. The number of thiocarbonyl (C=S) groups is 1. The van der Waals surface area contributed by atoms with Crippen LogP contribution in [0.1, 0.15) is 11.1 Å². The Hall–Kier alpha value is -2.44. The van der Waals surface area contributed by atoms with Gasteiger partial charge in [0.1, 0.15) is 5.75 Å². The molecule has 0 saturated carbocycles. The van der Waals surface area contributed by atoms with Crippen LogP contribution in [0.4, 0.5) is 0 Å². The molecule has 114 valence electrons. The molecule has 0 radical (unpaired) electrons. The number of aromatic hydroxyl groups is 1. The molecule has 0 aliphatic carbocycles. The zero-order valence-corrected chi connectivity index (χ0v) is 13.6. The third-order valence-electron chi connectivity index (χ3n) is 3.09. The summed E-state index contributed by atoms with van der Waals surface area (Å²) in [6.07, 6.45) is 3.34. The maximum absolute atomic E-state index is 12.4. The van der Waals surface area contributed by atoms with Gasteiger partial charge in [0.25, 0.3) is 5.91 Å².